The van der Waals surface area contributed by atoms with Gasteiger partial charge in [0.15, 0.2) is 5.69 Å². The molecular weight excluding hydrogens is 204 g/mol. The Morgan fingerprint density at radius 2 is 2.25 bits per heavy atom. The molecule has 0 radical (unpaired) electrons. The van der Waals surface area contributed by atoms with E-state index < -0.39 is 5.91 Å². The van der Waals surface area contributed by atoms with Crippen LogP contribution in [0.3, 0.4) is 0 Å². The van der Waals surface area contributed by atoms with Crippen LogP contribution in [0, 0.1) is 5.92 Å². The summed E-state index contributed by atoms with van der Waals surface area (Å²) in [4.78, 5) is 10.8. The second-order valence-electron chi connectivity index (χ2n) is 4.52. The molecule has 1 aromatic heterocycles. The Morgan fingerprint density at radius 1 is 1.50 bits per heavy atom. The maximum Gasteiger partial charge on any atom is 0.270 e. The molecule has 0 aromatic carbocycles. The number of nitrogens with two attached hydrogens (primary N) is 1. The number of amides is 1. The maximum absolute atomic E-state index is 10.8. The molecular formula is C11H18N4O. The topological polar surface area (TPSA) is 73.8 Å². The Hall–Kier alpha value is -1.39. The highest BCUT2D eigenvalue weighted by Crippen LogP contribution is 2.28. The minimum atomic E-state index is -0.512. The molecule has 1 heterocycles. The Balaban J connectivity index is 1.74. The molecule has 1 saturated carbocycles. The fraction of sp³-hybridized carbons (Fsp3) is 0.727. The Morgan fingerprint density at radius 3 is 2.88 bits per heavy atom. The number of aryl methyl sites for hydroxylation is 1. The number of hydrogen-bond acceptors (Lipinski definition) is 3. The molecule has 0 unspecified atom stereocenters. The molecule has 2 rings (SSSR count). The van der Waals surface area contributed by atoms with E-state index in [1.54, 1.807) is 10.9 Å². The van der Waals surface area contributed by atoms with E-state index in [1.807, 2.05) is 0 Å². The lowest BCUT2D eigenvalue weighted by molar-refractivity contribution is 0.0995. The van der Waals surface area contributed by atoms with E-state index in [0.717, 1.165) is 18.9 Å². The normalized spacial score (nSPS) is 16.8. The van der Waals surface area contributed by atoms with Gasteiger partial charge in [0, 0.05) is 6.54 Å². The first kappa shape index (κ1) is 11.1. The van der Waals surface area contributed by atoms with E-state index in [2.05, 4.69) is 10.3 Å². The van der Waals surface area contributed by atoms with Crippen LogP contribution in [0.1, 0.15) is 49.0 Å². The molecule has 1 aromatic rings. The van der Waals surface area contributed by atoms with Crippen molar-refractivity contribution in [3.63, 3.8) is 0 Å². The van der Waals surface area contributed by atoms with Crippen molar-refractivity contribution in [3.05, 3.63) is 11.9 Å². The first-order valence-electron chi connectivity index (χ1n) is 5.95. The van der Waals surface area contributed by atoms with Crippen molar-refractivity contribution in [1.82, 2.24) is 15.0 Å². The number of carbonyl (C=O) groups is 1. The second kappa shape index (κ2) is 5.09. The third-order valence-corrected chi connectivity index (χ3v) is 3.27. The lowest BCUT2D eigenvalue weighted by Gasteiger charge is -2.07. The molecule has 1 fully saturated rings. The van der Waals surface area contributed by atoms with Gasteiger partial charge in [-0.2, -0.15) is 0 Å². The zero-order valence-electron chi connectivity index (χ0n) is 9.43. The second-order valence-corrected chi connectivity index (χ2v) is 4.52. The summed E-state index contributed by atoms with van der Waals surface area (Å²) in [7, 11) is 0. The highest BCUT2D eigenvalue weighted by Gasteiger charge is 2.14. The van der Waals surface area contributed by atoms with Crippen molar-refractivity contribution < 1.29 is 4.79 Å². The molecule has 0 aliphatic heterocycles. The summed E-state index contributed by atoms with van der Waals surface area (Å²) >= 11 is 0. The van der Waals surface area contributed by atoms with Crippen LogP contribution in [0.4, 0.5) is 0 Å². The van der Waals surface area contributed by atoms with Crippen LogP contribution in [0.25, 0.3) is 0 Å². The zero-order chi connectivity index (χ0) is 11.4. The predicted octanol–water partition coefficient (Wildman–Crippen LogP) is 1.35. The van der Waals surface area contributed by atoms with Crippen LogP contribution in [-0.4, -0.2) is 20.9 Å². The minimum Gasteiger partial charge on any atom is -0.364 e. The average Bonchev–Trinajstić information content (AvgIpc) is 2.87. The quantitative estimate of drug-likeness (QED) is 0.817. The van der Waals surface area contributed by atoms with Gasteiger partial charge in [0.1, 0.15) is 0 Å². The summed E-state index contributed by atoms with van der Waals surface area (Å²) in [5.74, 6) is 0.390. The van der Waals surface area contributed by atoms with Gasteiger partial charge in [-0.15, -0.1) is 5.10 Å². The standard InChI is InChI=1S/C11H18N4O/c12-11(16)10-8-15(14-13-10)7-3-6-9-4-1-2-5-9/h8-9H,1-7H2,(H2,12,16). The highest BCUT2D eigenvalue weighted by atomic mass is 16.1. The lowest BCUT2D eigenvalue weighted by atomic mass is 10.0. The summed E-state index contributed by atoms with van der Waals surface area (Å²) in [5.41, 5.74) is 5.35. The van der Waals surface area contributed by atoms with Crippen LogP contribution >= 0.6 is 0 Å². The molecule has 5 nitrogen and oxygen atoms in total. The zero-order valence-corrected chi connectivity index (χ0v) is 9.43. The molecule has 0 spiro atoms. The number of hydrogen-bond donors (Lipinski definition) is 1. The maximum atomic E-state index is 10.8. The van der Waals surface area contributed by atoms with Gasteiger partial charge in [-0.3, -0.25) is 9.48 Å². The SMILES string of the molecule is NC(=O)c1cn(CCCC2CCCC2)nn1. The fourth-order valence-electron chi connectivity index (χ4n) is 2.36. The van der Waals surface area contributed by atoms with Gasteiger partial charge in [-0.25, -0.2) is 0 Å². The lowest BCUT2D eigenvalue weighted by Crippen LogP contribution is -2.11. The van der Waals surface area contributed by atoms with Gasteiger partial charge in [0.05, 0.1) is 6.20 Å². The van der Waals surface area contributed by atoms with Crippen molar-refractivity contribution in [3.8, 4) is 0 Å². The fourth-order valence-corrected chi connectivity index (χ4v) is 2.36. The summed E-state index contributed by atoms with van der Waals surface area (Å²) in [5, 5.41) is 7.57. The number of aromatic nitrogens is 3. The molecule has 0 saturated heterocycles. The molecule has 0 atom stereocenters. The number of primary amides is 1. The third-order valence-electron chi connectivity index (χ3n) is 3.27. The van der Waals surface area contributed by atoms with Gasteiger partial charge < -0.3 is 5.73 Å². The van der Waals surface area contributed by atoms with E-state index >= 15 is 0 Å². The van der Waals surface area contributed by atoms with Crippen LogP contribution < -0.4 is 5.73 Å². The Kier molecular flexibility index (Phi) is 3.54. The van der Waals surface area contributed by atoms with E-state index in [1.165, 1.54) is 32.1 Å². The molecule has 16 heavy (non-hydrogen) atoms. The summed E-state index contributed by atoms with van der Waals surface area (Å²) in [6.45, 7) is 0.830. The monoisotopic (exact) mass is 222 g/mol. The van der Waals surface area contributed by atoms with Crippen molar-refractivity contribution in [2.45, 2.75) is 45.1 Å². The summed E-state index contributed by atoms with van der Waals surface area (Å²) < 4.78 is 1.70. The van der Waals surface area contributed by atoms with Gasteiger partial charge in [-0.1, -0.05) is 30.9 Å². The molecule has 1 amide bonds. The molecule has 2 N–H and O–H groups in total. The summed E-state index contributed by atoms with van der Waals surface area (Å²) in [6.07, 6.45) is 9.52. The van der Waals surface area contributed by atoms with Gasteiger partial charge >= 0.3 is 0 Å². The smallest absolute Gasteiger partial charge is 0.270 e. The number of rotatable bonds is 5. The molecule has 0 bridgehead atoms. The van der Waals surface area contributed by atoms with Gasteiger partial charge in [-0.05, 0) is 18.8 Å². The van der Waals surface area contributed by atoms with Crippen LogP contribution in [-0.2, 0) is 6.54 Å². The molecule has 88 valence electrons. The Bertz CT molecular complexity index is 355. The van der Waals surface area contributed by atoms with E-state index in [4.69, 9.17) is 5.73 Å². The highest BCUT2D eigenvalue weighted by molar-refractivity contribution is 5.90. The first-order chi connectivity index (χ1) is 7.75. The first-order valence-corrected chi connectivity index (χ1v) is 5.95. The number of carbonyl (C=O) groups excluding carboxylic acids is 1. The van der Waals surface area contributed by atoms with Gasteiger partial charge in [0.2, 0.25) is 0 Å². The number of nitrogens with zero attached hydrogens (tertiary/aromatic N) is 3. The van der Waals surface area contributed by atoms with Crippen molar-refractivity contribution in [2.24, 2.45) is 11.7 Å². The molecule has 5 heteroatoms. The van der Waals surface area contributed by atoms with E-state index in [0.29, 0.717) is 0 Å². The van der Waals surface area contributed by atoms with Crippen molar-refractivity contribution in [1.29, 1.82) is 0 Å². The van der Waals surface area contributed by atoms with Crippen molar-refractivity contribution in [2.75, 3.05) is 0 Å². The van der Waals surface area contributed by atoms with Crippen molar-refractivity contribution >= 4 is 5.91 Å². The van der Waals surface area contributed by atoms with Gasteiger partial charge in [0.25, 0.3) is 5.91 Å². The van der Waals surface area contributed by atoms with E-state index in [-0.39, 0.29) is 5.69 Å². The third kappa shape index (κ3) is 2.81. The van der Waals surface area contributed by atoms with Crippen LogP contribution in [0.5, 0.6) is 0 Å². The van der Waals surface area contributed by atoms with Crippen LogP contribution in [0.2, 0.25) is 0 Å². The summed E-state index contributed by atoms with van der Waals surface area (Å²) in [6, 6.07) is 0. The minimum absolute atomic E-state index is 0.251. The molecule has 1 aliphatic carbocycles. The predicted molar refractivity (Wildman–Crippen MR) is 59.7 cm³/mol. The van der Waals surface area contributed by atoms with E-state index in [9.17, 15) is 4.79 Å². The largest absolute Gasteiger partial charge is 0.364 e. The molecule has 1 aliphatic rings. The average molecular weight is 222 g/mol. The Labute approximate surface area is 95.0 Å². The van der Waals surface area contributed by atoms with Crippen LogP contribution in [0.15, 0.2) is 6.20 Å².